The lowest BCUT2D eigenvalue weighted by molar-refractivity contribution is 0.144. The van der Waals surface area contributed by atoms with Gasteiger partial charge in [-0.3, -0.25) is 0 Å². The number of nitrogens with zero attached hydrogens (tertiary/aromatic N) is 1. The van der Waals surface area contributed by atoms with E-state index in [4.69, 9.17) is 0 Å². The summed E-state index contributed by atoms with van der Waals surface area (Å²) < 4.78 is 26.4. The summed E-state index contributed by atoms with van der Waals surface area (Å²) in [7, 11) is 0. The van der Waals surface area contributed by atoms with Crippen LogP contribution in [0.15, 0.2) is 72.8 Å². The van der Waals surface area contributed by atoms with Crippen LogP contribution in [0.1, 0.15) is 36.1 Å². The van der Waals surface area contributed by atoms with Gasteiger partial charge in [-0.15, -0.1) is 0 Å². The fourth-order valence-electron chi connectivity index (χ4n) is 4.08. The molecule has 0 amide bonds. The van der Waals surface area contributed by atoms with Crippen molar-refractivity contribution in [3.05, 3.63) is 95.6 Å². The van der Waals surface area contributed by atoms with Gasteiger partial charge in [-0.05, 0) is 72.5 Å². The summed E-state index contributed by atoms with van der Waals surface area (Å²) in [5.41, 5.74) is 2.72. The fourth-order valence-corrected chi connectivity index (χ4v) is 4.08. The van der Waals surface area contributed by atoms with Crippen molar-refractivity contribution in [2.45, 2.75) is 25.0 Å². The van der Waals surface area contributed by atoms with Gasteiger partial charge >= 0.3 is 0 Å². The van der Waals surface area contributed by atoms with Crippen molar-refractivity contribution in [3.8, 4) is 5.75 Å². The number of benzene rings is 3. The van der Waals surface area contributed by atoms with Crippen molar-refractivity contribution in [2.24, 2.45) is 5.92 Å². The molecule has 1 heterocycles. The number of hydrogen-bond donors (Lipinski definition) is 2. The minimum absolute atomic E-state index is 0.0847. The monoisotopic (exact) mass is 395 g/mol. The van der Waals surface area contributed by atoms with Crippen molar-refractivity contribution in [2.75, 3.05) is 11.4 Å². The summed E-state index contributed by atoms with van der Waals surface area (Å²) in [4.78, 5) is 2.21. The van der Waals surface area contributed by atoms with E-state index in [0.717, 1.165) is 24.2 Å². The van der Waals surface area contributed by atoms with Crippen LogP contribution in [0.25, 0.3) is 0 Å². The predicted molar refractivity (Wildman–Crippen MR) is 109 cm³/mol. The molecule has 0 bridgehead atoms. The van der Waals surface area contributed by atoms with E-state index in [9.17, 15) is 19.0 Å². The van der Waals surface area contributed by atoms with Gasteiger partial charge in [0, 0.05) is 18.2 Å². The third kappa shape index (κ3) is 4.25. The number of aliphatic hydroxyl groups excluding tert-OH is 1. The van der Waals surface area contributed by atoms with Crippen molar-refractivity contribution in [3.63, 3.8) is 0 Å². The van der Waals surface area contributed by atoms with E-state index in [2.05, 4.69) is 4.90 Å². The van der Waals surface area contributed by atoms with Crippen LogP contribution >= 0.6 is 0 Å². The lowest BCUT2D eigenvalue weighted by Gasteiger charge is -2.50. The van der Waals surface area contributed by atoms with Gasteiger partial charge in [-0.25, -0.2) is 8.78 Å². The molecule has 0 radical (unpaired) electrons. The Labute approximate surface area is 168 Å². The molecule has 3 nitrogen and oxygen atoms in total. The van der Waals surface area contributed by atoms with Gasteiger partial charge in [0.25, 0.3) is 0 Å². The number of aliphatic hydroxyl groups is 1. The second-order valence-corrected chi connectivity index (χ2v) is 7.57. The zero-order valence-electron chi connectivity index (χ0n) is 15.9. The zero-order chi connectivity index (χ0) is 20.4. The number of aromatic hydroxyl groups is 1. The molecule has 3 aromatic carbocycles. The molecule has 1 aliphatic heterocycles. The first-order chi connectivity index (χ1) is 14.0. The molecule has 0 unspecified atom stereocenters. The standard InChI is InChI=1S/C24H23F2NO2/c25-19-6-1-16(2-7-19)23(29)14-5-18-15-27(21-10-8-20(26)9-11-21)24(18)17-3-12-22(28)13-4-17/h1-4,6-13,18,23-24,28-29H,5,14-15H2/t18-,23-,24+/m0/s1. The van der Waals surface area contributed by atoms with Gasteiger partial charge < -0.3 is 15.1 Å². The second-order valence-electron chi connectivity index (χ2n) is 7.57. The van der Waals surface area contributed by atoms with E-state index in [1.54, 1.807) is 36.4 Å². The first-order valence-corrected chi connectivity index (χ1v) is 9.76. The highest BCUT2D eigenvalue weighted by Gasteiger charge is 2.39. The SMILES string of the molecule is Oc1ccc([C@@H]2[C@@H](CC[C@H](O)c3ccc(F)cc3)CN2c2ccc(F)cc2)cc1. The molecule has 150 valence electrons. The molecule has 0 aliphatic carbocycles. The largest absolute Gasteiger partial charge is 0.508 e. The summed E-state index contributed by atoms with van der Waals surface area (Å²) in [6, 6.07) is 19.6. The molecule has 1 fully saturated rings. The molecular weight excluding hydrogens is 372 g/mol. The molecule has 1 aliphatic rings. The quantitative estimate of drug-likeness (QED) is 0.590. The number of halogens is 2. The van der Waals surface area contributed by atoms with Gasteiger partial charge in [-0.2, -0.15) is 0 Å². The third-order valence-corrected chi connectivity index (χ3v) is 5.67. The normalized spacial score (nSPS) is 19.6. The Morgan fingerprint density at radius 2 is 1.45 bits per heavy atom. The number of anilines is 1. The maximum atomic E-state index is 13.3. The highest BCUT2D eigenvalue weighted by molar-refractivity contribution is 5.53. The highest BCUT2D eigenvalue weighted by Crippen LogP contribution is 2.45. The number of rotatable bonds is 6. The zero-order valence-corrected chi connectivity index (χ0v) is 15.9. The van der Waals surface area contributed by atoms with Crippen LogP contribution in [-0.4, -0.2) is 16.8 Å². The average molecular weight is 395 g/mol. The molecule has 0 saturated carbocycles. The molecule has 2 N–H and O–H groups in total. The molecular formula is C24H23F2NO2. The first kappa shape index (κ1) is 19.4. The van der Waals surface area contributed by atoms with Crippen LogP contribution < -0.4 is 4.90 Å². The van der Waals surface area contributed by atoms with E-state index in [0.29, 0.717) is 17.9 Å². The van der Waals surface area contributed by atoms with E-state index in [1.165, 1.54) is 24.3 Å². The average Bonchev–Trinajstić information content (AvgIpc) is 2.70. The van der Waals surface area contributed by atoms with Crippen LogP contribution in [0, 0.1) is 17.6 Å². The van der Waals surface area contributed by atoms with Crippen LogP contribution in [0.2, 0.25) is 0 Å². The minimum atomic E-state index is -0.643. The maximum absolute atomic E-state index is 13.3. The van der Waals surface area contributed by atoms with Gasteiger partial charge in [-0.1, -0.05) is 24.3 Å². The molecule has 3 aromatic rings. The van der Waals surface area contributed by atoms with E-state index in [1.807, 2.05) is 12.1 Å². The smallest absolute Gasteiger partial charge is 0.123 e. The lowest BCUT2D eigenvalue weighted by Crippen LogP contribution is -2.50. The molecule has 0 spiro atoms. The Morgan fingerprint density at radius 1 is 0.862 bits per heavy atom. The Kier molecular flexibility index (Phi) is 5.49. The van der Waals surface area contributed by atoms with Gasteiger partial charge in [0.05, 0.1) is 12.1 Å². The molecule has 0 aromatic heterocycles. The molecule has 29 heavy (non-hydrogen) atoms. The number of phenols is 1. The van der Waals surface area contributed by atoms with Crippen molar-refractivity contribution in [1.82, 2.24) is 0 Å². The van der Waals surface area contributed by atoms with Crippen molar-refractivity contribution >= 4 is 5.69 Å². The van der Waals surface area contributed by atoms with Crippen molar-refractivity contribution in [1.29, 1.82) is 0 Å². The van der Waals surface area contributed by atoms with E-state index < -0.39 is 6.10 Å². The summed E-state index contributed by atoms with van der Waals surface area (Å²) in [6.07, 6.45) is 0.722. The summed E-state index contributed by atoms with van der Waals surface area (Å²) in [5.74, 6) is -0.0684. The Balaban J connectivity index is 1.49. The van der Waals surface area contributed by atoms with Gasteiger partial charge in [0.15, 0.2) is 0 Å². The van der Waals surface area contributed by atoms with Gasteiger partial charge in [0.2, 0.25) is 0 Å². The fraction of sp³-hybridized carbons (Fsp3) is 0.250. The molecule has 3 atom stereocenters. The van der Waals surface area contributed by atoms with E-state index >= 15 is 0 Å². The summed E-state index contributed by atoms with van der Waals surface area (Å²) >= 11 is 0. The van der Waals surface area contributed by atoms with Crippen LogP contribution in [0.4, 0.5) is 14.5 Å². The topological polar surface area (TPSA) is 43.7 Å². The molecule has 4 rings (SSSR count). The number of phenolic OH excluding ortho intramolecular Hbond substituents is 1. The molecule has 1 saturated heterocycles. The predicted octanol–water partition coefficient (Wildman–Crippen LogP) is 5.36. The maximum Gasteiger partial charge on any atom is 0.123 e. The number of hydrogen-bond acceptors (Lipinski definition) is 3. The van der Waals surface area contributed by atoms with Crippen LogP contribution in [0.3, 0.4) is 0 Å². The molecule has 5 heteroatoms. The Hall–Kier alpha value is -2.92. The lowest BCUT2D eigenvalue weighted by atomic mass is 9.79. The summed E-state index contributed by atoms with van der Waals surface area (Å²) in [5, 5.41) is 20.1. The summed E-state index contributed by atoms with van der Waals surface area (Å²) in [6.45, 7) is 0.799. The Morgan fingerprint density at radius 3 is 2.07 bits per heavy atom. The second kappa shape index (κ2) is 8.21. The van der Waals surface area contributed by atoms with E-state index in [-0.39, 0.29) is 23.4 Å². The van der Waals surface area contributed by atoms with Crippen molar-refractivity contribution < 1.29 is 19.0 Å². The van der Waals surface area contributed by atoms with Crippen LogP contribution in [-0.2, 0) is 0 Å². The van der Waals surface area contributed by atoms with Crippen LogP contribution in [0.5, 0.6) is 5.75 Å². The Bertz CT molecular complexity index is 942. The third-order valence-electron chi connectivity index (χ3n) is 5.67. The highest BCUT2D eigenvalue weighted by atomic mass is 19.1. The first-order valence-electron chi connectivity index (χ1n) is 9.76. The van der Waals surface area contributed by atoms with Gasteiger partial charge in [0.1, 0.15) is 17.4 Å². The minimum Gasteiger partial charge on any atom is -0.508 e.